The Balaban J connectivity index is 1.51. The number of hydrogen-bond donors (Lipinski definition) is 1. The minimum absolute atomic E-state index is 0.784. The largest absolute Gasteiger partial charge is 0.313 e. The Labute approximate surface area is 106 Å². The van der Waals surface area contributed by atoms with Gasteiger partial charge in [0.2, 0.25) is 0 Å². The number of unbranched alkanes of at least 4 members (excludes halogenated alkanes) is 1. The zero-order valence-electron chi connectivity index (χ0n) is 9.87. The Hall–Kier alpha value is -0.0600. The molecule has 1 fully saturated rings. The zero-order valence-corrected chi connectivity index (χ0v) is 11.5. The molecule has 1 aromatic heterocycles. The van der Waals surface area contributed by atoms with E-state index in [0.717, 1.165) is 12.5 Å². The first-order valence-electron chi connectivity index (χ1n) is 6.07. The van der Waals surface area contributed by atoms with Crippen LogP contribution in [0.5, 0.6) is 0 Å². The topological polar surface area (TPSA) is 24.9 Å². The van der Waals surface area contributed by atoms with Gasteiger partial charge in [-0.25, -0.2) is 4.98 Å². The van der Waals surface area contributed by atoms with Crippen molar-refractivity contribution in [2.75, 3.05) is 18.1 Å². The third-order valence-corrected chi connectivity index (χ3v) is 5.04. The highest BCUT2D eigenvalue weighted by atomic mass is 32.2. The maximum atomic E-state index is 4.48. The van der Waals surface area contributed by atoms with Crippen molar-refractivity contribution >= 4 is 23.1 Å². The Kier molecular flexibility index (Phi) is 5.13. The molecule has 1 atom stereocenters. The highest BCUT2D eigenvalue weighted by molar-refractivity contribution is 7.99. The van der Waals surface area contributed by atoms with E-state index < -0.39 is 0 Å². The SMILES string of the molecule is Cc1csc(CCCCNC2CCSC2)n1. The summed E-state index contributed by atoms with van der Waals surface area (Å²) >= 11 is 3.87. The van der Waals surface area contributed by atoms with Gasteiger partial charge in [-0.1, -0.05) is 0 Å². The van der Waals surface area contributed by atoms with Gasteiger partial charge >= 0.3 is 0 Å². The van der Waals surface area contributed by atoms with E-state index in [4.69, 9.17) is 0 Å². The lowest BCUT2D eigenvalue weighted by atomic mass is 10.2. The second-order valence-electron chi connectivity index (χ2n) is 4.35. The van der Waals surface area contributed by atoms with Gasteiger partial charge in [-0.15, -0.1) is 11.3 Å². The van der Waals surface area contributed by atoms with Crippen LogP contribution in [0, 0.1) is 6.92 Å². The van der Waals surface area contributed by atoms with Gasteiger partial charge in [0.15, 0.2) is 0 Å². The summed E-state index contributed by atoms with van der Waals surface area (Å²) in [7, 11) is 0. The number of thiazole rings is 1. The van der Waals surface area contributed by atoms with Crippen LogP contribution in [0.2, 0.25) is 0 Å². The van der Waals surface area contributed by atoms with Gasteiger partial charge < -0.3 is 5.32 Å². The standard InChI is InChI=1S/C12H20N2S2/c1-10-8-16-12(14-10)4-2-3-6-13-11-5-7-15-9-11/h8,11,13H,2-7,9H2,1H3. The van der Waals surface area contributed by atoms with Crippen LogP contribution in [-0.4, -0.2) is 29.1 Å². The lowest BCUT2D eigenvalue weighted by Gasteiger charge is -2.10. The van der Waals surface area contributed by atoms with Crippen LogP contribution in [0.15, 0.2) is 5.38 Å². The van der Waals surface area contributed by atoms with Crippen molar-refractivity contribution in [1.82, 2.24) is 10.3 Å². The smallest absolute Gasteiger partial charge is 0.0928 e. The molecule has 1 aliphatic heterocycles. The Bertz CT molecular complexity index is 306. The molecule has 1 aliphatic rings. The van der Waals surface area contributed by atoms with Gasteiger partial charge in [0.1, 0.15) is 0 Å². The summed E-state index contributed by atoms with van der Waals surface area (Å²) in [4.78, 5) is 4.48. The molecule has 0 aromatic carbocycles. The molecular weight excluding hydrogens is 236 g/mol. The number of thioether (sulfide) groups is 1. The van der Waals surface area contributed by atoms with E-state index in [9.17, 15) is 0 Å². The maximum Gasteiger partial charge on any atom is 0.0928 e. The summed E-state index contributed by atoms with van der Waals surface area (Å²) < 4.78 is 0. The lowest BCUT2D eigenvalue weighted by molar-refractivity contribution is 0.535. The molecule has 0 spiro atoms. The zero-order chi connectivity index (χ0) is 11.2. The lowest BCUT2D eigenvalue weighted by Crippen LogP contribution is -2.29. The quantitative estimate of drug-likeness (QED) is 0.792. The number of hydrogen-bond acceptors (Lipinski definition) is 4. The minimum atomic E-state index is 0.784. The maximum absolute atomic E-state index is 4.48. The molecule has 1 saturated heterocycles. The van der Waals surface area contributed by atoms with E-state index in [-0.39, 0.29) is 0 Å². The predicted octanol–water partition coefficient (Wildman–Crippen LogP) is 2.87. The van der Waals surface area contributed by atoms with Crippen LogP contribution in [0.1, 0.15) is 30.0 Å². The molecule has 4 heteroatoms. The molecule has 16 heavy (non-hydrogen) atoms. The van der Waals surface area contributed by atoms with Crippen molar-refractivity contribution in [3.05, 3.63) is 16.1 Å². The summed E-state index contributed by atoms with van der Waals surface area (Å²) in [5, 5.41) is 7.08. The summed E-state index contributed by atoms with van der Waals surface area (Å²) in [5.41, 5.74) is 1.17. The molecule has 0 amide bonds. The van der Waals surface area contributed by atoms with E-state index in [0.29, 0.717) is 0 Å². The summed E-state index contributed by atoms with van der Waals surface area (Å²) in [6, 6.07) is 0.784. The minimum Gasteiger partial charge on any atom is -0.313 e. The molecule has 0 aliphatic carbocycles. The molecule has 0 radical (unpaired) electrons. The molecule has 1 unspecified atom stereocenters. The van der Waals surface area contributed by atoms with Crippen molar-refractivity contribution in [3.8, 4) is 0 Å². The van der Waals surface area contributed by atoms with Gasteiger partial charge in [-0.05, 0) is 44.9 Å². The molecule has 2 heterocycles. The average molecular weight is 256 g/mol. The predicted molar refractivity (Wildman–Crippen MR) is 73.5 cm³/mol. The first kappa shape index (κ1) is 12.4. The van der Waals surface area contributed by atoms with Gasteiger partial charge in [-0.3, -0.25) is 0 Å². The molecule has 2 nitrogen and oxygen atoms in total. The molecule has 0 bridgehead atoms. The second kappa shape index (κ2) is 6.62. The summed E-state index contributed by atoms with van der Waals surface area (Å²) in [5.74, 6) is 2.65. The fourth-order valence-corrected chi connectivity index (χ4v) is 3.93. The van der Waals surface area contributed by atoms with Gasteiger partial charge in [0, 0.05) is 22.9 Å². The normalized spacial score (nSPS) is 20.4. The van der Waals surface area contributed by atoms with Crippen LogP contribution < -0.4 is 5.32 Å². The number of aromatic nitrogens is 1. The first-order valence-corrected chi connectivity index (χ1v) is 8.10. The molecule has 2 rings (SSSR count). The van der Waals surface area contributed by atoms with Crippen molar-refractivity contribution in [1.29, 1.82) is 0 Å². The van der Waals surface area contributed by atoms with Gasteiger partial charge in [0.25, 0.3) is 0 Å². The molecule has 1 aromatic rings. The van der Waals surface area contributed by atoms with Crippen molar-refractivity contribution in [2.45, 2.75) is 38.6 Å². The number of aryl methyl sites for hydroxylation is 2. The fourth-order valence-electron chi connectivity index (χ4n) is 1.92. The first-order chi connectivity index (χ1) is 7.84. The van der Waals surface area contributed by atoms with E-state index in [2.05, 4.69) is 34.4 Å². The average Bonchev–Trinajstić information content (AvgIpc) is 2.89. The molecule has 1 N–H and O–H groups in total. The summed E-state index contributed by atoms with van der Waals surface area (Å²) in [6.45, 7) is 3.24. The molecular formula is C12H20N2S2. The van der Waals surface area contributed by atoms with Crippen LogP contribution in [0.4, 0.5) is 0 Å². The van der Waals surface area contributed by atoms with E-state index >= 15 is 0 Å². The third kappa shape index (κ3) is 4.07. The molecule has 0 saturated carbocycles. The van der Waals surface area contributed by atoms with Crippen LogP contribution in [0.25, 0.3) is 0 Å². The van der Waals surface area contributed by atoms with Crippen molar-refractivity contribution < 1.29 is 0 Å². The van der Waals surface area contributed by atoms with E-state index in [1.54, 1.807) is 11.3 Å². The van der Waals surface area contributed by atoms with Gasteiger partial charge in [0.05, 0.1) is 5.01 Å². The number of nitrogens with one attached hydrogen (secondary N) is 1. The van der Waals surface area contributed by atoms with Crippen LogP contribution in [0.3, 0.4) is 0 Å². The Morgan fingerprint density at radius 2 is 2.44 bits per heavy atom. The third-order valence-electron chi connectivity index (χ3n) is 2.85. The van der Waals surface area contributed by atoms with Gasteiger partial charge in [-0.2, -0.15) is 11.8 Å². The van der Waals surface area contributed by atoms with E-state index in [1.807, 2.05) is 0 Å². The Morgan fingerprint density at radius 1 is 1.50 bits per heavy atom. The monoisotopic (exact) mass is 256 g/mol. The highest BCUT2D eigenvalue weighted by Crippen LogP contribution is 2.17. The molecule has 90 valence electrons. The van der Waals surface area contributed by atoms with Crippen LogP contribution in [-0.2, 0) is 6.42 Å². The highest BCUT2D eigenvalue weighted by Gasteiger charge is 2.13. The van der Waals surface area contributed by atoms with E-state index in [1.165, 1.54) is 48.0 Å². The number of rotatable bonds is 6. The second-order valence-corrected chi connectivity index (χ2v) is 6.45. The number of nitrogens with zero attached hydrogens (tertiary/aromatic N) is 1. The fraction of sp³-hybridized carbons (Fsp3) is 0.750. The summed E-state index contributed by atoms with van der Waals surface area (Å²) in [6.07, 6.45) is 5.05. The van der Waals surface area contributed by atoms with Crippen molar-refractivity contribution in [2.24, 2.45) is 0 Å². The van der Waals surface area contributed by atoms with Crippen molar-refractivity contribution in [3.63, 3.8) is 0 Å². The van der Waals surface area contributed by atoms with Crippen LogP contribution >= 0.6 is 23.1 Å². The Morgan fingerprint density at radius 3 is 3.12 bits per heavy atom.